The number of carbonyl (C=O) groups excluding carboxylic acids is 2. The Morgan fingerprint density at radius 3 is 2.37 bits per heavy atom. The quantitative estimate of drug-likeness (QED) is 0.268. The van der Waals surface area contributed by atoms with Crippen LogP contribution in [-0.2, 0) is 36.1 Å². The van der Waals surface area contributed by atoms with Gasteiger partial charge in [-0.3, -0.25) is 14.4 Å². The predicted molar refractivity (Wildman–Crippen MR) is 190 cm³/mol. The van der Waals surface area contributed by atoms with Crippen LogP contribution in [0.1, 0.15) is 57.3 Å². The van der Waals surface area contributed by atoms with Gasteiger partial charge in [-0.1, -0.05) is 19.1 Å². The number of benzene rings is 2. The van der Waals surface area contributed by atoms with Crippen molar-refractivity contribution in [2.75, 3.05) is 20.8 Å². The summed E-state index contributed by atoms with van der Waals surface area (Å²) in [4.78, 5) is 74.5. The molecule has 0 bridgehead atoms. The summed E-state index contributed by atoms with van der Waals surface area (Å²) in [5.74, 6) is -0.738. The van der Waals surface area contributed by atoms with Gasteiger partial charge >= 0.3 is 11.4 Å². The number of carbonyl (C=O) groups is 2. The first-order valence-corrected chi connectivity index (χ1v) is 17.2. The second kappa shape index (κ2) is 12.5. The van der Waals surface area contributed by atoms with E-state index in [1.807, 2.05) is 6.08 Å². The number of hydrogen-bond acceptors (Lipinski definition) is 10. The number of hydrogen-bond donors (Lipinski definition) is 1. The zero-order chi connectivity index (χ0) is 37.4. The van der Waals surface area contributed by atoms with Crippen LogP contribution in [0.4, 0.5) is 0 Å². The van der Waals surface area contributed by atoms with Crippen LogP contribution in [-0.4, -0.2) is 61.0 Å². The van der Waals surface area contributed by atoms with Gasteiger partial charge in [-0.25, -0.2) is 28.5 Å². The molecule has 3 aliphatic rings. The minimum atomic E-state index is -1.20. The maximum absolute atomic E-state index is 14.3. The van der Waals surface area contributed by atoms with Gasteiger partial charge in [0, 0.05) is 44.0 Å². The number of aromatic hydroxyl groups is 1. The Bertz CT molecular complexity index is 2440. The van der Waals surface area contributed by atoms with E-state index in [9.17, 15) is 29.1 Å². The van der Waals surface area contributed by atoms with Gasteiger partial charge in [-0.15, -0.1) is 0 Å². The Kier molecular flexibility index (Phi) is 8.38. The highest BCUT2D eigenvalue weighted by atomic mass is 16.5. The van der Waals surface area contributed by atoms with E-state index in [2.05, 4.69) is 4.98 Å². The number of ketones is 2. The van der Waals surface area contributed by atoms with Gasteiger partial charge in [0.25, 0.3) is 5.56 Å². The fourth-order valence-corrected chi connectivity index (χ4v) is 8.53. The molecule has 1 N–H and O–H groups in total. The Balaban J connectivity index is 1.31. The lowest BCUT2D eigenvalue weighted by atomic mass is 9.50. The molecule has 52 heavy (non-hydrogen) atoms. The molecule has 4 unspecified atom stereocenters. The summed E-state index contributed by atoms with van der Waals surface area (Å²) < 4.78 is 21.8. The van der Waals surface area contributed by atoms with Crippen molar-refractivity contribution in [2.24, 2.45) is 18.4 Å². The maximum Gasteiger partial charge on any atom is 0.347 e. The third-order valence-electron chi connectivity index (χ3n) is 11.4. The van der Waals surface area contributed by atoms with Crippen LogP contribution >= 0.6 is 0 Å². The number of methoxy groups -OCH3 is 2. The zero-order valence-corrected chi connectivity index (χ0v) is 30.2. The van der Waals surface area contributed by atoms with Crippen molar-refractivity contribution in [3.8, 4) is 23.0 Å². The molecule has 0 radical (unpaired) electrons. The van der Waals surface area contributed by atoms with E-state index in [0.717, 1.165) is 10.1 Å². The average Bonchev–Trinajstić information content (AvgIpc) is 3.38. The van der Waals surface area contributed by atoms with Crippen LogP contribution in [0.2, 0.25) is 0 Å². The molecule has 0 saturated heterocycles. The monoisotopic (exact) mass is 711 g/mol. The predicted octanol–water partition coefficient (Wildman–Crippen LogP) is 3.20. The van der Waals surface area contributed by atoms with E-state index in [1.165, 1.54) is 34.2 Å². The molecule has 3 heterocycles. The number of nitrogens with zero attached hydrogens (tertiary/aromatic N) is 5. The molecule has 1 aliphatic heterocycles. The Labute approximate surface area is 298 Å². The van der Waals surface area contributed by atoms with Crippen molar-refractivity contribution in [2.45, 2.75) is 65.6 Å². The molecular weight excluding hydrogens is 670 g/mol. The number of aryl methyl sites for hydroxylation is 2. The second-order valence-electron chi connectivity index (χ2n) is 13.8. The maximum atomic E-state index is 14.3. The highest BCUT2D eigenvalue weighted by Gasteiger charge is 2.60. The molecule has 2 aromatic heterocycles. The lowest BCUT2D eigenvalue weighted by Crippen LogP contribution is -2.55. The number of ether oxygens (including phenoxy) is 3. The minimum Gasteiger partial charge on any atom is -0.504 e. The first-order chi connectivity index (χ1) is 24.8. The number of fused-ring (bicyclic) bond motifs is 5. The van der Waals surface area contributed by atoms with E-state index < -0.39 is 34.7 Å². The molecule has 1 fully saturated rings. The number of phenolic OH excluding ortho intramolecular Hbond substituents is 1. The van der Waals surface area contributed by atoms with Gasteiger partial charge in [0.2, 0.25) is 0 Å². The third kappa shape index (κ3) is 4.90. The molecule has 4 aromatic rings. The van der Waals surface area contributed by atoms with E-state index in [-0.39, 0.29) is 60.2 Å². The second-order valence-corrected chi connectivity index (χ2v) is 13.8. The number of rotatable bonds is 8. The molecule has 4 atom stereocenters. The summed E-state index contributed by atoms with van der Waals surface area (Å²) in [6.45, 7) is 7.15. The Morgan fingerprint density at radius 1 is 0.962 bits per heavy atom. The average molecular weight is 712 g/mol. The van der Waals surface area contributed by atoms with E-state index in [0.29, 0.717) is 45.8 Å². The van der Waals surface area contributed by atoms with Crippen LogP contribution < -0.4 is 31.1 Å². The molecule has 7 rings (SSSR count). The summed E-state index contributed by atoms with van der Waals surface area (Å²) in [5.41, 5.74) is 0.602. The molecule has 14 nitrogen and oxygen atoms in total. The van der Waals surface area contributed by atoms with E-state index in [4.69, 9.17) is 14.2 Å². The standard InChI is InChI=1S/C38H41N5O9/c1-8-52-29-15-21(9-10-28(29)44)32-22-11-14-42-36(48)41(13-12-24-35(47)40(5)27-18-31(51-7)30(50-6)17-25(27)39-24)37(49)43(42)26(22)16-23-33(45)19(2)20(3)34(46)38(23,32)4/h9-11,15,17-18,23,26,32,44H,8,12-14,16H2,1-7H3. The number of aromatic nitrogens is 5. The molecule has 14 heteroatoms. The number of allylic oxidation sites excluding steroid dienone is 4. The molecule has 0 spiro atoms. The first-order valence-electron chi connectivity index (χ1n) is 17.2. The number of Topliss-reactive ketones (excluding diaryl/α,β-unsaturated/α-hetero) is 2. The molecule has 1 saturated carbocycles. The lowest BCUT2D eigenvalue weighted by molar-refractivity contribution is -0.140. The van der Waals surface area contributed by atoms with Gasteiger partial charge < -0.3 is 23.9 Å². The summed E-state index contributed by atoms with van der Waals surface area (Å²) in [7, 11) is 4.61. The first kappa shape index (κ1) is 34.8. The van der Waals surface area contributed by atoms with Crippen molar-refractivity contribution >= 4 is 22.6 Å². The van der Waals surface area contributed by atoms with Crippen molar-refractivity contribution in [1.29, 1.82) is 0 Å². The fraction of sp³-hybridized carbons (Fsp3) is 0.421. The smallest absolute Gasteiger partial charge is 0.347 e. The van der Waals surface area contributed by atoms with Gasteiger partial charge in [0.05, 0.1) is 49.9 Å². The van der Waals surface area contributed by atoms with Crippen molar-refractivity contribution in [3.63, 3.8) is 0 Å². The molecular formula is C38H41N5O9. The molecule has 2 aliphatic carbocycles. The van der Waals surface area contributed by atoms with Crippen molar-refractivity contribution < 1.29 is 28.9 Å². The summed E-state index contributed by atoms with van der Waals surface area (Å²) in [6.07, 6.45) is 2.00. The Hall–Kier alpha value is -5.66. The molecule has 0 amide bonds. The highest BCUT2D eigenvalue weighted by Crippen LogP contribution is 2.60. The topological polar surface area (TPSA) is 166 Å². The zero-order valence-electron chi connectivity index (χ0n) is 30.2. The van der Waals surface area contributed by atoms with Crippen LogP contribution in [0.25, 0.3) is 11.0 Å². The third-order valence-corrected chi connectivity index (χ3v) is 11.4. The highest BCUT2D eigenvalue weighted by molar-refractivity contribution is 6.15. The summed E-state index contributed by atoms with van der Waals surface area (Å²) in [6, 6.07) is 7.51. The van der Waals surface area contributed by atoms with Gasteiger partial charge in [0.15, 0.2) is 34.6 Å². The summed E-state index contributed by atoms with van der Waals surface area (Å²) >= 11 is 0. The van der Waals surface area contributed by atoms with E-state index in [1.54, 1.807) is 59.0 Å². The largest absolute Gasteiger partial charge is 0.504 e. The number of phenols is 1. The van der Waals surface area contributed by atoms with Crippen LogP contribution in [0, 0.1) is 11.3 Å². The minimum absolute atomic E-state index is 0.00560. The van der Waals surface area contributed by atoms with Crippen LogP contribution in [0.5, 0.6) is 23.0 Å². The van der Waals surface area contributed by atoms with Crippen LogP contribution in [0.15, 0.2) is 67.5 Å². The fourth-order valence-electron chi connectivity index (χ4n) is 8.53. The Morgan fingerprint density at radius 2 is 1.67 bits per heavy atom. The lowest BCUT2D eigenvalue weighted by Gasteiger charge is -2.53. The van der Waals surface area contributed by atoms with E-state index >= 15 is 0 Å². The summed E-state index contributed by atoms with van der Waals surface area (Å²) in [5, 5.41) is 10.5. The van der Waals surface area contributed by atoms with Crippen molar-refractivity contribution in [3.05, 3.63) is 95.7 Å². The molecule has 272 valence electrons. The van der Waals surface area contributed by atoms with Crippen molar-refractivity contribution in [1.82, 2.24) is 23.5 Å². The van der Waals surface area contributed by atoms with Gasteiger partial charge in [-0.05, 0) is 61.6 Å². The van der Waals surface area contributed by atoms with Gasteiger partial charge in [0.1, 0.15) is 5.69 Å². The molecule has 2 aromatic carbocycles. The van der Waals surface area contributed by atoms with Crippen LogP contribution in [0.3, 0.4) is 0 Å². The SMILES string of the molecule is CCOc1cc(C2C3=CCn4c(=O)n(CCc5nc6cc(OC)c(OC)cc6n(C)c5=O)c(=O)n4C3CC3C(=O)C(C)=C(C)C(=O)C32C)ccc1O. The van der Waals surface area contributed by atoms with Gasteiger partial charge in [-0.2, -0.15) is 0 Å². The normalized spacial score (nSPS) is 22.5.